The summed E-state index contributed by atoms with van der Waals surface area (Å²) in [5.41, 5.74) is 1.08. The van der Waals surface area contributed by atoms with Crippen LogP contribution in [0.4, 0.5) is 0 Å². The minimum atomic E-state index is -0.446. The number of hydrogen-bond donors (Lipinski definition) is 0. The molecule has 0 fully saturated rings. The van der Waals surface area contributed by atoms with Crippen LogP contribution in [0.25, 0.3) is 0 Å². The number of hydrogen-bond acceptors (Lipinski definition) is 5. The molecule has 1 aromatic heterocycles. The number of aromatic nitrogens is 3. The van der Waals surface area contributed by atoms with Crippen molar-refractivity contribution in [1.29, 1.82) is 0 Å². The summed E-state index contributed by atoms with van der Waals surface area (Å²) in [6.07, 6.45) is 0. The lowest BCUT2D eigenvalue weighted by Crippen LogP contribution is -2.15. The normalized spacial score (nSPS) is 11.3. The van der Waals surface area contributed by atoms with E-state index in [4.69, 9.17) is 9.47 Å². The Balaban J connectivity index is 2.73. The van der Waals surface area contributed by atoms with Gasteiger partial charge in [0.1, 0.15) is 0 Å². The zero-order valence-corrected chi connectivity index (χ0v) is 12.3. The van der Waals surface area contributed by atoms with Crippen molar-refractivity contribution in [3.05, 3.63) is 11.4 Å². The molecule has 0 atom stereocenters. The number of rotatable bonds is 7. The third-order valence-electron chi connectivity index (χ3n) is 2.60. The van der Waals surface area contributed by atoms with Crippen molar-refractivity contribution >= 4 is 5.97 Å². The van der Waals surface area contributed by atoms with E-state index in [0.717, 1.165) is 12.3 Å². The van der Waals surface area contributed by atoms with E-state index >= 15 is 0 Å². The van der Waals surface area contributed by atoms with Crippen LogP contribution in [-0.4, -0.2) is 41.3 Å². The molecule has 1 aromatic rings. The largest absolute Gasteiger partial charge is 0.464 e. The van der Waals surface area contributed by atoms with Gasteiger partial charge in [-0.2, -0.15) is 0 Å². The van der Waals surface area contributed by atoms with Gasteiger partial charge < -0.3 is 9.47 Å². The number of nitrogens with zero attached hydrogens (tertiary/aromatic N) is 3. The second kappa shape index (κ2) is 7.23. The van der Waals surface area contributed by atoms with E-state index in [1.165, 1.54) is 7.11 Å². The topological polar surface area (TPSA) is 66.2 Å². The Morgan fingerprint density at radius 1 is 1.32 bits per heavy atom. The van der Waals surface area contributed by atoms with E-state index in [0.29, 0.717) is 24.8 Å². The van der Waals surface area contributed by atoms with Gasteiger partial charge in [-0.1, -0.05) is 32.9 Å². The van der Waals surface area contributed by atoms with Crippen LogP contribution < -0.4 is 0 Å². The number of ether oxygens (including phenoxy) is 2. The van der Waals surface area contributed by atoms with Gasteiger partial charge in [0, 0.05) is 6.61 Å². The molecule has 0 spiro atoms. The van der Waals surface area contributed by atoms with Gasteiger partial charge in [-0.25, -0.2) is 9.48 Å². The molecule has 0 radical (unpaired) electrons. The van der Waals surface area contributed by atoms with Crippen molar-refractivity contribution in [2.75, 3.05) is 20.3 Å². The van der Waals surface area contributed by atoms with Gasteiger partial charge in [-0.3, -0.25) is 0 Å². The average molecular weight is 269 g/mol. The van der Waals surface area contributed by atoms with Crippen molar-refractivity contribution < 1.29 is 14.3 Å². The molecular formula is C13H23N3O3. The van der Waals surface area contributed by atoms with Crippen molar-refractivity contribution in [3.8, 4) is 0 Å². The molecule has 19 heavy (non-hydrogen) atoms. The van der Waals surface area contributed by atoms with Crippen LogP contribution in [0.2, 0.25) is 0 Å². The second-order valence-corrected chi connectivity index (χ2v) is 5.16. The number of carbonyl (C=O) groups is 1. The Kier molecular flexibility index (Phi) is 5.95. The molecule has 0 saturated carbocycles. The average Bonchev–Trinajstić information content (AvgIpc) is 2.77. The first-order valence-corrected chi connectivity index (χ1v) is 6.56. The lowest BCUT2D eigenvalue weighted by atomic mass is 10.1. The number of carbonyl (C=O) groups excluding carboxylic acids is 1. The van der Waals surface area contributed by atoms with E-state index in [9.17, 15) is 4.79 Å². The molecule has 0 aromatic carbocycles. The summed E-state index contributed by atoms with van der Waals surface area (Å²) < 4.78 is 12.0. The Morgan fingerprint density at radius 2 is 2.00 bits per heavy atom. The molecule has 6 heteroatoms. The first-order chi connectivity index (χ1) is 8.97. The summed E-state index contributed by atoms with van der Waals surface area (Å²) in [6.45, 7) is 10.1. The van der Waals surface area contributed by atoms with E-state index in [-0.39, 0.29) is 5.92 Å². The van der Waals surface area contributed by atoms with Crippen LogP contribution in [-0.2, 0) is 16.0 Å². The Morgan fingerprint density at radius 3 is 2.53 bits per heavy atom. The fourth-order valence-corrected chi connectivity index (χ4v) is 1.77. The molecule has 0 amide bonds. The molecule has 0 aliphatic rings. The maximum atomic E-state index is 11.6. The monoisotopic (exact) mass is 269 g/mol. The van der Waals surface area contributed by atoms with Crippen molar-refractivity contribution in [2.45, 2.75) is 40.2 Å². The Bertz CT molecular complexity index is 413. The van der Waals surface area contributed by atoms with E-state index in [1.807, 2.05) is 13.8 Å². The molecule has 1 rings (SSSR count). The molecule has 108 valence electrons. The van der Waals surface area contributed by atoms with Gasteiger partial charge in [-0.15, -0.1) is 5.10 Å². The minimum Gasteiger partial charge on any atom is -0.464 e. The SMILES string of the molecule is COC(=O)c1nnn(CCOCC(C)C)c1C(C)C. The van der Waals surface area contributed by atoms with E-state index in [1.54, 1.807) is 4.68 Å². The lowest BCUT2D eigenvalue weighted by molar-refractivity contribution is 0.0591. The molecule has 1 heterocycles. The molecule has 6 nitrogen and oxygen atoms in total. The van der Waals surface area contributed by atoms with Crippen LogP contribution in [0.1, 0.15) is 49.8 Å². The van der Waals surface area contributed by atoms with Gasteiger partial charge in [0.25, 0.3) is 0 Å². The molecule has 0 aliphatic heterocycles. The fraction of sp³-hybridized carbons (Fsp3) is 0.769. The summed E-state index contributed by atoms with van der Waals surface area (Å²) in [7, 11) is 1.34. The van der Waals surface area contributed by atoms with Crippen LogP contribution in [0.3, 0.4) is 0 Å². The molecule has 0 aliphatic carbocycles. The molecule has 0 bridgehead atoms. The summed E-state index contributed by atoms with van der Waals surface area (Å²) in [5, 5.41) is 7.91. The minimum absolute atomic E-state index is 0.147. The van der Waals surface area contributed by atoms with E-state index < -0.39 is 5.97 Å². The number of methoxy groups -OCH3 is 1. The molecular weight excluding hydrogens is 246 g/mol. The third-order valence-corrected chi connectivity index (χ3v) is 2.60. The maximum Gasteiger partial charge on any atom is 0.360 e. The van der Waals surface area contributed by atoms with E-state index in [2.05, 4.69) is 24.2 Å². The first-order valence-electron chi connectivity index (χ1n) is 6.56. The smallest absolute Gasteiger partial charge is 0.360 e. The highest BCUT2D eigenvalue weighted by atomic mass is 16.5. The van der Waals surface area contributed by atoms with Gasteiger partial charge in [-0.05, 0) is 11.8 Å². The third kappa shape index (κ3) is 4.31. The zero-order chi connectivity index (χ0) is 14.4. The predicted molar refractivity (Wildman–Crippen MR) is 71.1 cm³/mol. The summed E-state index contributed by atoms with van der Waals surface area (Å²) in [6, 6.07) is 0. The van der Waals surface area contributed by atoms with Crippen molar-refractivity contribution in [2.24, 2.45) is 5.92 Å². The highest BCUT2D eigenvalue weighted by Gasteiger charge is 2.22. The van der Waals surface area contributed by atoms with Crippen LogP contribution in [0.15, 0.2) is 0 Å². The van der Waals surface area contributed by atoms with Gasteiger partial charge in [0.2, 0.25) is 0 Å². The molecule has 0 N–H and O–H groups in total. The van der Waals surface area contributed by atoms with Crippen LogP contribution in [0, 0.1) is 5.92 Å². The highest BCUT2D eigenvalue weighted by Crippen LogP contribution is 2.18. The zero-order valence-electron chi connectivity index (χ0n) is 12.3. The summed E-state index contributed by atoms with van der Waals surface area (Å²) in [4.78, 5) is 11.6. The molecule has 0 unspecified atom stereocenters. The summed E-state index contributed by atoms with van der Waals surface area (Å²) in [5.74, 6) is 0.207. The highest BCUT2D eigenvalue weighted by molar-refractivity contribution is 5.88. The maximum absolute atomic E-state index is 11.6. The lowest BCUT2D eigenvalue weighted by Gasteiger charge is -2.11. The first kappa shape index (κ1) is 15.6. The van der Waals surface area contributed by atoms with Crippen molar-refractivity contribution in [3.63, 3.8) is 0 Å². The molecule has 0 saturated heterocycles. The second-order valence-electron chi connectivity index (χ2n) is 5.16. The Hall–Kier alpha value is -1.43. The van der Waals surface area contributed by atoms with Crippen LogP contribution >= 0.6 is 0 Å². The predicted octanol–water partition coefficient (Wildman–Crippen LogP) is 1.86. The van der Waals surface area contributed by atoms with Gasteiger partial charge in [0.15, 0.2) is 5.69 Å². The van der Waals surface area contributed by atoms with Gasteiger partial charge in [0.05, 0.1) is 26.0 Å². The van der Waals surface area contributed by atoms with Gasteiger partial charge >= 0.3 is 5.97 Å². The Labute approximate surface area is 114 Å². The quantitative estimate of drug-likeness (QED) is 0.558. The summed E-state index contributed by atoms with van der Waals surface area (Å²) >= 11 is 0. The van der Waals surface area contributed by atoms with Crippen molar-refractivity contribution in [1.82, 2.24) is 15.0 Å². The van der Waals surface area contributed by atoms with Crippen LogP contribution in [0.5, 0.6) is 0 Å². The standard InChI is InChI=1S/C13H23N3O3/c1-9(2)8-19-7-6-16-12(10(3)4)11(14-15-16)13(17)18-5/h9-10H,6-8H2,1-5H3. The number of esters is 1. The fourth-order valence-electron chi connectivity index (χ4n) is 1.77.